The molecule has 0 saturated heterocycles. The summed E-state index contributed by atoms with van der Waals surface area (Å²) in [5.41, 5.74) is 1.04. The molecule has 0 aliphatic heterocycles. The molecule has 0 amide bonds. The Balaban J connectivity index is 2.39. The highest BCUT2D eigenvalue weighted by Crippen LogP contribution is 2.10. The van der Waals surface area contributed by atoms with Gasteiger partial charge in [0, 0.05) is 22.1 Å². The quantitative estimate of drug-likeness (QED) is 0.830. The fraction of sp³-hybridized carbons (Fsp3) is 0.538. The lowest BCUT2D eigenvalue weighted by atomic mass is 10.1. The Hall–Kier alpha value is -0.160. The molecule has 0 saturated carbocycles. The first-order valence-electron chi connectivity index (χ1n) is 5.50. The van der Waals surface area contributed by atoms with Crippen molar-refractivity contribution in [1.29, 1.82) is 0 Å². The van der Waals surface area contributed by atoms with Crippen LogP contribution in [0.2, 0.25) is 0 Å². The van der Waals surface area contributed by atoms with E-state index in [1.54, 1.807) is 0 Å². The van der Waals surface area contributed by atoms with Gasteiger partial charge in [0.15, 0.2) is 0 Å². The lowest BCUT2D eigenvalue weighted by Gasteiger charge is -2.22. The molecule has 90 valence electrons. The maximum Gasteiger partial charge on any atom is 0.117 e. The minimum atomic E-state index is -0.820. The van der Waals surface area contributed by atoms with E-state index in [0.717, 1.165) is 5.56 Å². The van der Waals surface area contributed by atoms with Gasteiger partial charge >= 0.3 is 0 Å². The topological polar surface area (TPSA) is 12.0 Å². The second-order valence-corrected chi connectivity index (χ2v) is 6.30. The van der Waals surface area contributed by atoms with Crippen LogP contribution < -0.4 is 5.32 Å². The van der Waals surface area contributed by atoms with Crippen LogP contribution in [0, 0.1) is 3.57 Å². The monoisotopic (exact) mass is 335 g/mol. The van der Waals surface area contributed by atoms with Crippen molar-refractivity contribution >= 4 is 22.6 Å². The molecule has 0 spiro atoms. The molecule has 1 atom stereocenters. The molecule has 1 N–H and O–H groups in total. The predicted molar refractivity (Wildman–Crippen MR) is 75.5 cm³/mol. The lowest BCUT2D eigenvalue weighted by Crippen LogP contribution is -2.40. The molecule has 0 fully saturated rings. The number of rotatable bonds is 4. The fourth-order valence-electron chi connectivity index (χ4n) is 1.37. The standard InChI is InChI=1S/C13H19FIN/c1-13(2,3)16-9-11(14)8-10-4-6-12(15)7-5-10/h4-7,11,16H,8-9H2,1-3H3. The van der Waals surface area contributed by atoms with E-state index in [4.69, 9.17) is 0 Å². The zero-order valence-corrected chi connectivity index (χ0v) is 12.2. The van der Waals surface area contributed by atoms with Crippen molar-refractivity contribution in [1.82, 2.24) is 5.32 Å². The van der Waals surface area contributed by atoms with Crippen molar-refractivity contribution in [2.75, 3.05) is 6.54 Å². The summed E-state index contributed by atoms with van der Waals surface area (Å²) in [7, 11) is 0. The second kappa shape index (κ2) is 5.96. The van der Waals surface area contributed by atoms with Gasteiger partial charge in [-0.3, -0.25) is 0 Å². The zero-order valence-electron chi connectivity index (χ0n) is 10.1. The van der Waals surface area contributed by atoms with Crippen molar-refractivity contribution in [3.05, 3.63) is 33.4 Å². The normalized spacial score (nSPS) is 13.8. The molecule has 1 aromatic carbocycles. The second-order valence-electron chi connectivity index (χ2n) is 5.06. The van der Waals surface area contributed by atoms with E-state index >= 15 is 0 Å². The summed E-state index contributed by atoms with van der Waals surface area (Å²) in [5.74, 6) is 0. The van der Waals surface area contributed by atoms with Crippen LogP contribution in [0.5, 0.6) is 0 Å². The van der Waals surface area contributed by atoms with Crippen molar-refractivity contribution in [2.24, 2.45) is 0 Å². The summed E-state index contributed by atoms with van der Waals surface area (Å²) < 4.78 is 14.8. The fourth-order valence-corrected chi connectivity index (χ4v) is 1.72. The largest absolute Gasteiger partial charge is 0.309 e. The molecule has 0 bridgehead atoms. The average molecular weight is 335 g/mol. The van der Waals surface area contributed by atoms with E-state index in [1.807, 2.05) is 45.0 Å². The van der Waals surface area contributed by atoms with Crippen molar-refractivity contribution in [3.8, 4) is 0 Å². The highest BCUT2D eigenvalue weighted by Gasteiger charge is 2.13. The zero-order chi connectivity index (χ0) is 12.2. The number of benzene rings is 1. The number of alkyl halides is 1. The van der Waals surface area contributed by atoms with Crippen LogP contribution in [-0.2, 0) is 6.42 Å². The van der Waals surface area contributed by atoms with E-state index in [1.165, 1.54) is 3.57 Å². The molecule has 16 heavy (non-hydrogen) atoms. The van der Waals surface area contributed by atoms with E-state index in [0.29, 0.717) is 13.0 Å². The molecular weight excluding hydrogens is 316 g/mol. The summed E-state index contributed by atoms with van der Waals surface area (Å²) >= 11 is 2.25. The van der Waals surface area contributed by atoms with Gasteiger partial charge in [0.05, 0.1) is 0 Å². The van der Waals surface area contributed by atoms with Crippen LogP contribution in [0.4, 0.5) is 4.39 Å². The van der Waals surface area contributed by atoms with Crippen LogP contribution in [0.25, 0.3) is 0 Å². The highest BCUT2D eigenvalue weighted by molar-refractivity contribution is 14.1. The van der Waals surface area contributed by atoms with Crippen LogP contribution in [-0.4, -0.2) is 18.3 Å². The minimum absolute atomic E-state index is 0.0175. The molecular formula is C13H19FIN. The molecule has 1 nitrogen and oxygen atoms in total. The van der Waals surface area contributed by atoms with Gasteiger partial charge in [0.25, 0.3) is 0 Å². The van der Waals surface area contributed by atoms with Gasteiger partial charge < -0.3 is 5.32 Å². The van der Waals surface area contributed by atoms with E-state index in [9.17, 15) is 4.39 Å². The summed E-state index contributed by atoms with van der Waals surface area (Å²) in [4.78, 5) is 0. The van der Waals surface area contributed by atoms with Crippen LogP contribution in [0.3, 0.4) is 0 Å². The van der Waals surface area contributed by atoms with Gasteiger partial charge in [-0.2, -0.15) is 0 Å². The Morgan fingerprint density at radius 3 is 2.31 bits per heavy atom. The molecule has 3 heteroatoms. The first-order valence-corrected chi connectivity index (χ1v) is 6.58. The van der Waals surface area contributed by atoms with Crippen molar-refractivity contribution in [3.63, 3.8) is 0 Å². The maximum atomic E-state index is 13.7. The lowest BCUT2D eigenvalue weighted by molar-refractivity contribution is 0.284. The Kier molecular flexibility index (Phi) is 5.18. The molecule has 1 rings (SSSR count). The molecule has 0 aliphatic rings. The summed E-state index contributed by atoms with van der Waals surface area (Å²) in [5, 5.41) is 3.18. The minimum Gasteiger partial charge on any atom is -0.309 e. The van der Waals surface area contributed by atoms with Gasteiger partial charge in [-0.05, 0) is 61.1 Å². The SMILES string of the molecule is CC(C)(C)NCC(F)Cc1ccc(I)cc1. The summed E-state index contributed by atoms with van der Waals surface area (Å²) in [6, 6.07) is 8.01. The van der Waals surface area contributed by atoms with E-state index in [2.05, 4.69) is 27.9 Å². The third kappa shape index (κ3) is 5.80. The van der Waals surface area contributed by atoms with Gasteiger partial charge in [0.2, 0.25) is 0 Å². The third-order valence-corrected chi connectivity index (χ3v) is 2.94. The van der Waals surface area contributed by atoms with Gasteiger partial charge in [-0.25, -0.2) is 4.39 Å². The van der Waals surface area contributed by atoms with Crippen molar-refractivity contribution in [2.45, 2.75) is 38.9 Å². The molecule has 0 radical (unpaired) electrons. The number of hydrogen-bond acceptors (Lipinski definition) is 1. The molecule has 0 aromatic heterocycles. The molecule has 1 aromatic rings. The average Bonchev–Trinajstić information content (AvgIpc) is 2.18. The molecule has 1 unspecified atom stereocenters. The van der Waals surface area contributed by atoms with E-state index < -0.39 is 6.17 Å². The predicted octanol–water partition coefficient (Wildman–Crippen LogP) is 3.56. The first-order chi connectivity index (χ1) is 7.37. The molecule has 0 aliphatic carbocycles. The van der Waals surface area contributed by atoms with Crippen LogP contribution in [0.15, 0.2) is 24.3 Å². The smallest absolute Gasteiger partial charge is 0.117 e. The first kappa shape index (κ1) is 13.9. The Labute approximate surface area is 111 Å². The van der Waals surface area contributed by atoms with Crippen LogP contribution in [0.1, 0.15) is 26.3 Å². The number of halogens is 2. The maximum absolute atomic E-state index is 13.7. The highest BCUT2D eigenvalue weighted by atomic mass is 127. The van der Waals surface area contributed by atoms with Gasteiger partial charge in [-0.1, -0.05) is 12.1 Å². The van der Waals surface area contributed by atoms with Crippen LogP contribution >= 0.6 is 22.6 Å². The van der Waals surface area contributed by atoms with Gasteiger partial charge in [0.1, 0.15) is 6.17 Å². The van der Waals surface area contributed by atoms with Crippen molar-refractivity contribution < 1.29 is 4.39 Å². The Bertz CT molecular complexity index is 316. The Morgan fingerprint density at radius 2 is 1.81 bits per heavy atom. The number of hydrogen-bond donors (Lipinski definition) is 1. The van der Waals surface area contributed by atoms with Gasteiger partial charge in [-0.15, -0.1) is 0 Å². The Morgan fingerprint density at radius 1 is 1.25 bits per heavy atom. The summed E-state index contributed by atoms with van der Waals surface area (Å²) in [6.45, 7) is 6.55. The number of nitrogens with one attached hydrogen (secondary N) is 1. The van der Waals surface area contributed by atoms with E-state index in [-0.39, 0.29) is 5.54 Å². The molecule has 0 heterocycles. The summed E-state index contributed by atoms with van der Waals surface area (Å²) in [6.07, 6.45) is -0.334. The third-order valence-electron chi connectivity index (χ3n) is 2.22.